The molecule has 16 heavy (non-hydrogen) atoms. The van der Waals surface area contributed by atoms with Gasteiger partial charge in [-0.3, -0.25) is 4.98 Å². The van der Waals surface area contributed by atoms with Gasteiger partial charge >= 0.3 is 0 Å². The third-order valence-corrected chi connectivity index (χ3v) is 2.63. The average molecular weight is 299 g/mol. The number of hydrogen-bond donors (Lipinski definition) is 0. The zero-order valence-electron chi connectivity index (χ0n) is 8.36. The van der Waals surface area contributed by atoms with Crippen molar-refractivity contribution in [1.82, 2.24) is 4.98 Å². The Labute approximate surface area is 107 Å². The second kappa shape index (κ2) is 5.32. The lowest BCUT2D eigenvalue weighted by atomic mass is 10.3. The highest BCUT2D eigenvalue weighted by Gasteiger charge is 1.98. The summed E-state index contributed by atoms with van der Waals surface area (Å²) < 4.78 is 6.53. The smallest absolute Gasteiger partial charge is 0.121 e. The van der Waals surface area contributed by atoms with E-state index in [2.05, 4.69) is 20.9 Å². The number of hydrogen-bond acceptors (Lipinski definition) is 2. The molecule has 2 rings (SSSR count). The van der Waals surface area contributed by atoms with Gasteiger partial charge in [0.05, 0.1) is 0 Å². The summed E-state index contributed by atoms with van der Waals surface area (Å²) in [5.74, 6) is 0.757. The highest BCUT2D eigenvalue weighted by atomic mass is 79.9. The van der Waals surface area contributed by atoms with Crippen LogP contribution in [-0.4, -0.2) is 4.98 Å². The van der Waals surface area contributed by atoms with E-state index in [9.17, 15) is 0 Å². The summed E-state index contributed by atoms with van der Waals surface area (Å²) in [5.41, 5.74) is 1.01. The number of benzene rings is 1. The van der Waals surface area contributed by atoms with E-state index in [0.29, 0.717) is 11.6 Å². The molecule has 0 aliphatic carbocycles. The van der Waals surface area contributed by atoms with E-state index in [-0.39, 0.29) is 0 Å². The molecule has 0 atom stereocenters. The van der Waals surface area contributed by atoms with Gasteiger partial charge in [-0.2, -0.15) is 0 Å². The van der Waals surface area contributed by atoms with E-state index in [1.165, 1.54) is 0 Å². The first-order chi connectivity index (χ1) is 7.74. The molecule has 0 aliphatic heterocycles. The maximum Gasteiger partial charge on any atom is 0.121 e. The van der Waals surface area contributed by atoms with Gasteiger partial charge in [0.15, 0.2) is 0 Å². The van der Waals surface area contributed by atoms with Crippen LogP contribution in [0.4, 0.5) is 0 Å². The Morgan fingerprint density at radius 1 is 1.25 bits per heavy atom. The van der Waals surface area contributed by atoms with Crippen LogP contribution in [-0.2, 0) is 6.61 Å². The molecule has 2 nitrogen and oxygen atoms in total. The number of rotatable bonds is 3. The molecule has 1 heterocycles. The summed E-state index contributed by atoms with van der Waals surface area (Å²) in [6.07, 6.45) is 3.51. The average Bonchev–Trinajstić information content (AvgIpc) is 2.27. The molecule has 0 bridgehead atoms. The normalized spacial score (nSPS) is 10.1. The molecule has 0 spiro atoms. The van der Waals surface area contributed by atoms with E-state index < -0.39 is 0 Å². The maximum atomic E-state index is 5.85. The van der Waals surface area contributed by atoms with Gasteiger partial charge in [0.2, 0.25) is 0 Å². The minimum atomic E-state index is 0.479. The SMILES string of the molecule is Clc1cccc(OCc2cncc(Br)c2)c1. The first-order valence-corrected chi connectivity index (χ1v) is 5.89. The van der Waals surface area contributed by atoms with Crippen LogP contribution in [0.15, 0.2) is 47.2 Å². The molecule has 0 saturated carbocycles. The van der Waals surface area contributed by atoms with E-state index in [1.54, 1.807) is 18.5 Å². The molecule has 4 heteroatoms. The summed E-state index contributed by atoms with van der Waals surface area (Å²) in [6.45, 7) is 0.479. The van der Waals surface area contributed by atoms with Crippen molar-refractivity contribution in [1.29, 1.82) is 0 Å². The van der Waals surface area contributed by atoms with Crippen molar-refractivity contribution in [3.63, 3.8) is 0 Å². The summed E-state index contributed by atoms with van der Waals surface area (Å²) >= 11 is 9.21. The Hall–Kier alpha value is -1.06. The Balaban J connectivity index is 2.02. The molecule has 0 aliphatic rings. The molecule has 1 aromatic carbocycles. The maximum absolute atomic E-state index is 5.85. The molecule has 0 radical (unpaired) electrons. The quantitative estimate of drug-likeness (QED) is 0.852. The monoisotopic (exact) mass is 297 g/mol. The first kappa shape index (κ1) is 11.4. The van der Waals surface area contributed by atoms with Gasteiger partial charge in [0.25, 0.3) is 0 Å². The molecule has 0 saturated heterocycles. The van der Waals surface area contributed by atoms with E-state index >= 15 is 0 Å². The fourth-order valence-electron chi connectivity index (χ4n) is 1.26. The van der Waals surface area contributed by atoms with Crippen LogP contribution in [0.3, 0.4) is 0 Å². The minimum absolute atomic E-state index is 0.479. The standard InChI is InChI=1S/C12H9BrClNO/c13-10-4-9(6-15-7-10)8-16-12-3-1-2-11(14)5-12/h1-7H,8H2. The zero-order valence-corrected chi connectivity index (χ0v) is 10.7. The van der Waals surface area contributed by atoms with Crippen LogP contribution >= 0.6 is 27.5 Å². The van der Waals surface area contributed by atoms with Gasteiger partial charge in [-0.1, -0.05) is 17.7 Å². The lowest BCUT2D eigenvalue weighted by Gasteiger charge is -2.06. The van der Waals surface area contributed by atoms with Crippen molar-refractivity contribution < 1.29 is 4.74 Å². The lowest BCUT2D eigenvalue weighted by Crippen LogP contribution is -1.95. The Bertz CT molecular complexity index is 444. The summed E-state index contributed by atoms with van der Waals surface area (Å²) in [7, 11) is 0. The van der Waals surface area contributed by atoms with E-state index in [1.807, 2.05) is 24.3 Å². The van der Waals surface area contributed by atoms with Crippen molar-refractivity contribution in [2.24, 2.45) is 0 Å². The summed E-state index contributed by atoms with van der Waals surface area (Å²) in [4.78, 5) is 4.06. The molecular weight excluding hydrogens is 289 g/mol. The van der Waals surface area contributed by atoms with Crippen molar-refractivity contribution >= 4 is 27.5 Å². The van der Waals surface area contributed by atoms with Crippen molar-refractivity contribution in [2.45, 2.75) is 6.61 Å². The molecule has 0 N–H and O–H groups in total. The summed E-state index contributed by atoms with van der Waals surface area (Å²) in [6, 6.07) is 9.30. The topological polar surface area (TPSA) is 22.1 Å². The largest absolute Gasteiger partial charge is 0.489 e. The Morgan fingerprint density at radius 3 is 2.88 bits per heavy atom. The van der Waals surface area contributed by atoms with Crippen LogP contribution in [0.25, 0.3) is 0 Å². The first-order valence-electron chi connectivity index (χ1n) is 4.72. The molecule has 0 unspecified atom stereocenters. The second-order valence-electron chi connectivity index (χ2n) is 3.26. The van der Waals surface area contributed by atoms with Gasteiger partial charge in [-0.05, 0) is 40.2 Å². The molecular formula is C12H9BrClNO. The van der Waals surface area contributed by atoms with E-state index in [4.69, 9.17) is 16.3 Å². The van der Waals surface area contributed by atoms with Crippen LogP contribution in [0, 0.1) is 0 Å². The molecule has 0 amide bonds. The van der Waals surface area contributed by atoms with Crippen LogP contribution in [0.2, 0.25) is 5.02 Å². The van der Waals surface area contributed by atoms with Crippen molar-refractivity contribution in [3.8, 4) is 5.75 Å². The third-order valence-electron chi connectivity index (χ3n) is 1.96. The van der Waals surface area contributed by atoms with Crippen LogP contribution < -0.4 is 4.74 Å². The zero-order chi connectivity index (χ0) is 11.4. The highest BCUT2D eigenvalue weighted by molar-refractivity contribution is 9.10. The number of halogens is 2. The second-order valence-corrected chi connectivity index (χ2v) is 4.61. The fourth-order valence-corrected chi connectivity index (χ4v) is 1.85. The van der Waals surface area contributed by atoms with Crippen molar-refractivity contribution in [3.05, 3.63) is 57.8 Å². The number of nitrogens with zero attached hydrogens (tertiary/aromatic N) is 1. The Morgan fingerprint density at radius 2 is 2.12 bits per heavy atom. The predicted molar refractivity (Wildman–Crippen MR) is 67.7 cm³/mol. The predicted octanol–water partition coefficient (Wildman–Crippen LogP) is 4.08. The summed E-state index contributed by atoms with van der Waals surface area (Å²) in [5, 5.41) is 0.671. The molecule has 82 valence electrons. The number of pyridine rings is 1. The molecule has 2 aromatic rings. The van der Waals surface area contributed by atoms with Gasteiger partial charge in [0, 0.05) is 27.5 Å². The van der Waals surface area contributed by atoms with Gasteiger partial charge in [-0.25, -0.2) is 0 Å². The fraction of sp³-hybridized carbons (Fsp3) is 0.0833. The lowest BCUT2D eigenvalue weighted by molar-refractivity contribution is 0.305. The molecule has 0 fully saturated rings. The van der Waals surface area contributed by atoms with E-state index in [0.717, 1.165) is 15.8 Å². The minimum Gasteiger partial charge on any atom is -0.489 e. The van der Waals surface area contributed by atoms with Crippen LogP contribution in [0.1, 0.15) is 5.56 Å². The number of ether oxygens (including phenoxy) is 1. The van der Waals surface area contributed by atoms with Gasteiger partial charge in [-0.15, -0.1) is 0 Å². The Kier molecular flexibility index (Phi) is 3.80. The highest BCUT2D eigenvalue weighted by Crippen LogP contribution is 2.18. The van der Waals surface area contributed by atoms with Crippen LogP contribution in [0.5, 0.6) is 5.75 Å². The van der Waals surface area contributed by atoms with Gasteiger partial charge in [0.1, 0.15) is 12.4 Å². The number of aromatic nitrogens is 1. The van der Waals surface area contributed by atoms with Gasteiger partial charge < -0.3 is 4.74 Å². The third kappa shape index (κ3) is 3.22. The van der Waals surface area contributed by atoms with Crippen molar-refractivity contribution in [2.75, 3.05) is 0 Å². The molecule has 1 aromatic heterocycles.